The van der Waals surface area contributed by atoms with E-state index < -0.39 is 5.82 Å². The Morgan fingerprint density at radius 1 is 0.893 bits per heavy atom. The Morgan fingerprint density at radius 2 is 1.64 bits per heavy atom. The fraction of sp³-hybridized carbons (Fsp3) is 0.0435. The van der Waals surface area contributed by atoms with Crippen LogP contribution in [0.4, 0.5) is 8.78 Å². The van der Waals surface area contributed by atoms with E-state index in [1.54, 1.807) is 73.7 Å². The molecule has 5 heteroatoms. The summed E-state index contributed by atoms with van der Waals surface area (Å²) in [5.74, 6) is -0.508. The van der Waals surface area contributed by atoms with Crippen LogP contribution in [-0.2, 0) is 0 Å². The van der Waals surface area contributed by atoms with E-state index in [9.17, 15) is 13.6 Å². The molecule has 1 heterocycles. The number of benzene rings is 3. The third-order valence-electron chi connectivity index (χ3n) is 4.53. The molecular formula is C23H16F2N2O. The molecule has 0 amide bonds. The van der Waals surface area contributed by atoms with Crippen LogP contribution in [0, 0.1) is 18.6 Å². The zero-order valence-electron chi connectivity index (χ0n) is 15.1. The lowest BCUT2D eigenvalue weighted by Crippen LogP contribution is -2.22. The highest BCUT2D eigenvalue weighted by molar-refractivity contribution is 5.80. The van der Waals surface area contributed by atoms with Gasteiger partial charge in [-0.3, -0.25) is 9.36 Å². The monoisotopic (exact) mass is 374 g/mol. The van der Waals surface area contributed by atoms with Gasteiger partial charge in [0, 0.05) is 5.56 Å². The number of nitrogens with zero attached hydrogens (tertiary/aromatic N) is 2. The normalized spacial score (nSPS) is 11.4. The fourth-order valence-corrected chi connectivity index (χ4v) is 3.01. The van der Waals surface area contributed by atoms with E-state index in [1.807, 2.05) is 0 Å². The molecule has 0 N–H and O–H groups in total. The molecule has 0 atom stereocenters. The largest absolute Gasteiger partial charge is 0.268 e. The first-order valence-corrected chi connectivity index (χ1v) is 8.75. The minimum Gasteiger partial charge on any atom is -0.268 e. The van der Waals surface area contributed by atoms with Crippen molar-refractivity contribution in [3.8, 4) is 5.69 Å². The minimum atomic E-state index is -0.415. The summed E-state index contributed by atoms with van der Waals surface area (Å²) in [5, 5.41) is 0.423. The van der Waals surface area contributed by atoms with E-state index in [-0.39, 0.29) is 17.2 Å². The van der Waals surface area contributed by atoms with Crippen molar-refractivity contribution in [2.24, 2.45) is 0 Å². The molecular weight excluding hydrogens is 358 g/mol. The molecule has 28 heavy (non-hydrogen) atoms. The molecule has 0 aliphatic heterocycles. The van der Waals surface area contributed by atoms with Crippen molar-refractivity contribution in [1.29, 1.82) is 0 Å². The predicted octanol–water partition coefficient (Wildman–Crippen LogP) is 5.14. The fourth-order valence-electron chi connectivity index (χ4n) is 3.01. The van der Waals surface area contributed by atoms with Crippen LogP contribution in [0.5, 0.6) is 0 Å². The molecule has 138 valence electrons. The van der Waals surface area contributed by atoms with Crippen LogP contribution in [0.2, 0.25) is 0 Å². The van der Waals surface area contributed by atoms with Crippen LogP contribution in [0.25, 0.3) is 28.7 Å². The number of hydrogen-bond acceptors (Lipinski definition) is 2. The number of rotatable bonds is 3. The zero-order chi connectivity index (χ0) is 19.7. The molecule has 3 aromatic carbocycles. The van der Waals surface area contributed by atoms with E-state index in [0.29, 0.717) is 27.7 Å². The third-order valence-corrected chi connectivity index (χ3v) is 4.53. The summed E-state index contributed by atoms with van der Waals surface area (Å²) in [6.45, 7) is 1.65. The standard InChI is InChI=1S/C23H16F2N2O/c1-15-10-12-17(14-20(15)25)27-22(13-11-16-6-2-4-8-19(16)24)26-21-9-5-3-7-18(21)23(27)28/h2-14H,1H3. The van der Waals surface area contributed by atoms with Crippen molar-refractivity contribution in [1.82, 2.24) is 9.55 Å². The second kappa shape index (κ2) is 7.19. The van der Waals surface area contributed by atoms with Crippen LogP contribution in [0.3, 0.4) is 0 Å². The van der Waals surface area contributed by atoms with Crippen molar-refractivity contribution in [2.75, 3.05) is 0 Å². The summed E-state index contributed by atoms with van der Waals surface area (Å²) in [6.07, 6.45) is 3.11. The summed E-state index contributed by atoms with van der Waals surface area (Å²) in [6, 6.07) is 17.8. The summed E-state index contributed by atoms with van der Waals surface area (Å²) in [4.78, 5) is 17.7. The van der Waals surface area contributed by atoms with Gasteiger partial charge in [-0.1, -0.05) is 36.4 Å². The topological polar surface area (TPSA) is 34.9 Å². The van der Waals surface area contributed by atoms with E-state index in [0.717, 1.165) is 0 Å². The van der Waals surface area contributed by atoms with Gasteiger partial charge in [-0.05, 0) is 55.0 Å². The van der Waals surface area contributed by atoms with Gasteiger partial charge in [0.2, 0.25) is 0 Å². The van der Waals surface area contributed by atoms with Crippen molar-refractivity contribution >= 4 is 23.1 Å². The van der Waals surface area contributed by atoms with Gasteiger partial charge in [0.15, 0.2) is 0 Å². The van der Waals surface area contributed by atoms with E-state index in [2.05, 4.69) is 4.98 Å². The summed E-state index contributed by atoms with van der Waals surface area (Å²) in [7, 11) is 0. The predicted molar refractivity (Wildman–Crippen MR) is 107 cm³/mol. The maximum absolute atomic E-state index is 14.1. The second-order valence-corrected chi connectivity index (χ2v) is 6.42. The van der Waals surface area contributed by atoms with E-state index in [4.69, 9.17) is 0 Å². The SMILES string of the molecule is Cc1ccc(-n2c(C=Cc3ccccc3F)nc3ccccc3c2=O)cc1F. The highest BCUT2D eigenvalue weighted by atomic mass is 19.1. The van der Waals surface area contributed by atoms with Crippen LogP contribution in [0.15, 0.2) is 71.5 Å². The minimum absolute atomic E-state index is 0.287. The number of hydrogen-bond donors (Lipinski definition) is 0. The number of aryl methyl sites for hydroxylation is 1. The molecule has 0 aliphatic rings. The molecule has 0 radical (unpaired) electrons. The molecule has 1 aromatic heterocycles. The number of halogens is 2. The Morgan fingerprint density at radius 3 is 2.43 bits per heavy atom. The number of para-hydroxylation sites is 1. The van der Waals surface area contributed by atoms with Crippen molar-refractivity contribution in [3.05, 3.63) is 106 Å². The first kappa shape index (κ1) is 17.8. The first-order valence-electron chi connectivity index (χ1n) is 8.75. The Balaban J connectivity index is 1.97. The molecule has 3 nitrogen and oxygen atoms in total. The van der Waals surface area contributed by atoms with Crippen LogP contribution in [-0.4, -0.2) is 9.55 Å². The summed E-state index contributed by atoms with van der Waals surface area (Å²) >= 11 is 0. The van der Waals surface area contributed by atoms with Crippen LogP contribution < -0.4 is 5.56 Å². The smallest absolute Gasteiger partial charge is 0.266 e. The van der Waals surface area contributed by atoms with Gasteiger partial charge < -0.3 is 0 Å². The van der Waals surface area contributed by atoms with Gasteiger partial charge >= 0.3 is 0 Å². The Hall–Kier alpha value is -3.60. The van der Waals surface area contributed by atoms with Gasteiger partial charge in [-0.2, -0.15) is 0 Å². The van der Waals surface area contributed by atoms with E-state index >= 15 is 0 Å². The Bertz CT molecular complexity index is 1280. The van der Waals surface area contributed by atoms with Crippen LogP contribution in [0.1, 0.15) is 17.0 Å². The Kier molecular flexibility index (Phi) is 4.57. The molecule has 0 saturated carbocycles. The maximum atomic E-state index is 14.1. The molecule has 0 unspecified atom stereocenters. The lowest BCUT2D eigenvalue weighted by Gasteiger charge is -2.12. The molecule has 0 spiro atoms. The average Bonchev–Trinajstić information content (AvgIpc) is 2.70. The summed E-state index contributed by atoms with van der Waals surface area (Å²) < 4.78 is 29.4. The van der Waals surface area contributed by atoms with Crippen molar-refractivity contribution in [3.63, 3.8) is 0 Å². The molecule has 4 rings (SSSR count). The van der Waals surface area contributed by atoms with Crippen molar-refractivity contribution in [2.45, 2.75) is 6.92 Å². The lowest BCUT2D eigenvalue weighted by molar-refractivity contribution is 0.617. The van der Waals surface area contributed by atoms with Gasteiger partial charge in [0.1, 0.15) is 17.5 Å². The summed E-state index contributed by atoms with van der Waals surface area (Å²) in [5.41, 5.74) is 1.41. The molecule has 0 saturated heterocycles. The van der Waals surface area contributed by atoms with Gasteiger partial charge in [0.05, 0.1) is 16.6 Å². The third kappa shape index (κ3) is 3.22. The maximum Gasteiger partial charge on any atom is 0.266 e. The van der Waals surface area contributed by atoms with Gasteiger partial charge in [-0.15, -0.1) is 0 Å². The molecule has 0 bridgehead atoms. The molecule has 4 aromatic rings. The highest BCUT2D eigenvalue weighted by Crippen LogP contribution is 2.18. The second-order valence-electron chi connectivity index (χ2n) is 6.42. The molecule has 0 aliphatic carbocycles. The lowest BCUT2D eigenvalue weighted by atomic mass is 10.1. The van der Waals surface area contributed by atoms with Gasteiger partial charge in [0.25, 0.3) is 5.56 Å². The quantitative estimate of drug-likeness (QED) is 0.497. The van der Waals surface area contributed by atoms with Gasteiger partial charge in [-0.25, -0.2) is 13.8 Å². The number of fused-ring (bicyclic) bond motifs is 1. The van der Waals surface area contributed by atoms with Crippen LogP contribution >= 0.6 is 0 Å². The average molecular weight is 374 g/mol. The molecule has 0 fully saturated rings. The highest BCUT2D eigenvalue weighted by Gasteiger charge is 2.12. The first-order chi connectivity index (χ1) is 13.5. The van der Waals surface area contributed by atoms with Crippen molar-refractivity contribution < 1.29 is 8.78 Å². The van der Waals surface area contributed by atoms with E-state index in [1.165, 1.54) is 16.7 Å². The Labute approximate surface area is 160 Å². The zero-order valence-corrected chi connectivity index (χ0v) is 15.1. The number of aromatic nitrogens is 2.